The van der Waals surface area contributed by atoms with E-state index in [0.29, 0.717) is 17.3 Å². The fraction of sp³-hybridized carbons (Fsp3) is 0.364. The van der Waals surface area contributed by atoms with Crippen molar-refractivity contribution < 1.29 is 14.6 Å². The second kappa shape index (κ2) is 4.72. The van der Waals surface area contributed by atoms with Crippen molar-refractivity contribution in [3.8, 4) is 0 Å². The van der Waals surface area contributed by atoms with Crippen LogP contribution in [-0.2, 0) is 4.74 Å². The van der Waals surface area contributed by atoms with Crippen molar-refractivity contribution in [1.82, 2.24) is 0 Å². The van der Waals surface area contributed by atoms with Gasteiger partial charge in [0.05, 0.1) is 13.2 Å². The average molecular weight is 242 g/mol. The van der Waals surface area contributed by atoms with E-state index in [1.54, 1.807) is 24.3 Å². The Bertz CT molecular complexity index is 397. The Kier molecular flexibility index (Phi) is 3.31. The monoisotopic (exact) mass is 241 g/mol. The molecule has 0 radical (unpaired) electrons. The Morgan fingerprint density at radius 3 is 3.06 bits per heavy atom. The predicted octanol–water partition coefficient (Wildman–Crippen LogP) is 1.91. The molecule has 5 heteroatoms. The van der Waals surface area contributed by atoms with Gasteiger partial charge in [-0.05, 0) is 18.2 Å². The van der Waals surface area contributed by atoms with E-state index in [0.717, 1.165) is 0 Å². The molecule has 1 aliphatic rings. The quantitative estimate of drug-likeness (QED) is 0.861. The van der Waals surface area contributed by atoms with Crippen LogP contribution >= 0.6 is 11.6 Å². The molecule has 1 N–H and O–H groups in total. The molecule has 16 heavy (non-hydrogen) atoms. The first-order valence-corrected chi connectivity index (χ1v) is 5.39. The smallest absolute Gasteiger partial charge is 0.414 e. The molecule has 2 rings (SSSR count). The number of cyclic esters (lactones) is 1. The lowest BCUT2D eigenvalue weighted by molar-refractivity contribution is 0.0900. The molecule has 1 aromatic carbocycles. The number of benzene rings is 1. The third-order valence-electron chi connectivity index (χ3n) is 2.48. The zero-order valence-electron chi connectivity index (χ0n) is 8.60. The maximum absolute atomic E-state index is 11.5. The Labute approximate surface area is 98.4 Å². The van der Waals surface area contributed by atoms with Crippen molar-refractivity contribution in [2.45, 2.75) is 0 Å². The molecule has 1 aliphatic heterocycles. The van der Waals surface area contributed by atoms with E-state index in [1.165, 1.54) is 4.90 Å². The summed E-state index contributed by atoms with van der Waals surface area (Å²) in [5.74, 6) is -0.0447. The lowest BCUT2D eigenvalue weighted by atomic mass is 10.1. The largest absolute Gasteiger partial charge is 0.449 e. The number of amides is 1. The molecule has 86 valence electrons. The van der Waals surface area contributed by atoms with E-state index in [1.807, 2.05) is 0 Å². The van der Waals surface area contributed by atoms with Crippen LogP contribution in [0.2, 0.25) is 5.02 Å². The molecule has 4 nitrogen and oxygen atoms in total. The highest BCUT2D eigenvalue weighted by molar-refractivity contribution is 6.30. The summed E-state index contributed by atoms with van der Waals surface area (Å²) in [7, 11) is 0. The highest BCUT2D eigenvalue weighted by atomic mass is 35.5. The van der Waals surface area contributed by atoms with Crippen LogP contribution in [0.3, 0.4) is 0 Å². The molecule has 1 heterocycles. The minimum absolute atomic E-state index is 0.00431. The summed E-state index contributed by atoms with van der Waals surface area (Å²) >= 11 is 5.85. The Hall–Kier alpha value is -1.26. The third-order valence-corrected chi connectivity index (χ3v) is 2.72. The number of halogens is 1. The molecule has 0 bridgehead atoms. The Morgan fingerprint density at radius 2 is 2.38 bits per heavy atom. The predicted molar refractivity (Wildman–Crippen MR) is 60.7 cm³/mol. The van der Waals surface area contributed by atoms with Gasteiger partial charge in [-0.25, -0.2) is 4.79 Å². The first kappa shape index (κ1) is 11.2. The molecule has 1 saturated heterocycles. The van der Waals surface area contributed by atoms with Crippen molar-refractivity contribution in [2.24, 2.45) is 5.92 Å². The second-order valence-electron chi connectivity index (χ2n) is 3.72. The van der Waals surface area contributed by atoms with Crippen LogP contribution in [0.25, 0.3) is 0 Å². The number of aliphatic hydroxyl groups is 1. The maximum atomic E-state index is 11.5. The fourth-order valence-electron chi connectivity index (χ4n) is 1.62. The van der Waals surface area contributed by atoms with Crippen molar-refractivity contribution in [2.75, 3.05) is 24.7 Å². The van der Waals surface area contributed by atoms with E-state index < -0.39 is 6.09 Å². The molecular weight excluding hydrogens is 230 g/mol. The van der Waals surface area contributed by atoms with Gasteiger partial charge in [0.25, 0.3) is 0 Å². The molecule has 1 atom stereocenters. The minimum atomic E-state index is -0.396. The SMILES string of the molecule is O=C1OCC(CO)CN1c1cccc(Cl)c1. The van der Waals surface area contributed by atoms with Crippen molar-refractivity contribution in [3.63, 3.8) is 0 Å². The van der Waals surface area contributed by atoms with Crippen LogP contribution in [0.15, 0.2) is 24.3 Å². The summed E-state index contributed by atoms with van der Waals surface area (Å²) in [5.41, 5.74) is 0.690. The van der Waals surface area contributed by atoms with E-state index in [9.17, 15) is 4.79 Å². The first-order valence-electron chi connectivity index (χ1n) is 5.01. The van der Waals surface area contributed by atoms with Gasteiger partial charge in [0.1, 0.15) is 0 Å². The number of nitrogens with zero attached hydrogens (tertiary/aromatic N) is 1. The van der Waals surface area contributed by atoms with Crippen molar-refractivity contribution in [3.05, 3.63) is 29.3 Å². The van der Waals surface area contributed by atoms with Gasteiger partial charge in [0.15, 0.2) is 0 Å². The van der Waals surface area contributed by atoms with Crippen LogP contribution in [0.1, 0.15) is 0 Å². The van der Waals surface area contributed by atoms with Gasteiger partial charge in [-0.3, -0.25) is 4.90 Å². The van der Waals surface area contributed by atoms with Gasteiger partial charge in [0, 0.05) is 23.2 Å². The van der Waals surface area contributed by atoms with E-state index in [4.69, 9.17) is 21.4 Å². The number of ether oxygens (including phenoxy) is 1. The highest BCUT2D eigenvalue weighted by Gasteiger charge is 2.27. The van der Waals surface area contributed by atoms with Crippen LogP contribution in [0.4, 0.5) is 10.5 Å². The zero-order chi connectivity index (χ0) is 11.5. The van der Waals surface area contributed by atoms with Crippen molar-refractivity contribution in [1.29, 1.82) is 0 Å². The van der Waals surface area contributed by atoms with Crippen LogP contribution in [0, 0.1) is 5.92 Å². The number of rotatable bonds is 2. The molecule has 0 aromatic heterocycles. The molecule has 0 saturated carbocycles. The summed E-state index contributed by atoms with van der Waals surface area (Å²) in [6.45, 7) is 0.729. The van der Waals surface area contributed by atoms with Gasteiger partial charge in [-0.15, -0.1) is 0 Å². The van der Waals surface area contributed by atoms with Crippen LogP contribution in [0.5, 0.6) is 0 Å². The number of hydrogen-bond acceptors (Lipinski definition) is 3. The topological polar surface area (TPSA) is 49.8 Å². The highest BCUT2D eigenvalue weighted by Crippen LogP contribution is 2.23. The van der Waals surface area contributed by atoms with Gasteiger partial charge in [0.2, 0.25) is 0 Å². The molecule has 1 amide bonds. The minimum Gasteiger partial charge on any atom is -0.449 e. The lowest BCUT2D eigenvalue weighted by Gasteiger charge is -2.31. The zero-order valence-corrected chi connectivity index (χ0v) is 9.35. The first-order chi connectivity index (χ1) is 7.70. The van der Waals surface area contributed by atoms with Crippen LogP contribution in [-0.4, -0.2) is 31.0 Å². The number of aliphatic hydroxyl groups excluding tert-OH is 1. The Morgan fingerprint density at radius 1 is 1.56 bits per heavy atom. The van der Waals surface area contributed by atoms with E-state index in [2.05, 4.69) is 0 Å². The van der Waals surface area contributed by atoms with Gasteiger partial charge >= 0.3 is 6.09 Å². The third kappa shape index (κ3) is 2.28. The standard InChI is InChI=1S/C11H12ClNO3/c12-9-2-1-3-10(4-9)13-5-8(6-14)7-16-11(13)15/h1-4,8,14H,5-7H2. The number of anilines is 1. The molecule has 1 aromatic rings. The molecule has 1 fully saturated rings. The summed E-state index contributed by atoms with van der Waals surface area (Å²) in [5, 5.41) is 9.62. The molecular formula is C11H12ClNO3. The van der Waals surface area contributed by atoms with E-state index in [-0.39, 0.29) is 19.1 Å². The van der Waals surface area contributed by atoms with Crippen LogP contribution < -0.4 is 4.90 Å². The lowest BCUT2D eigenvalue weighted by Crippen LogP contribution is -2.44. The average Bonchev–Trinajstić information content (AvgIpc) is 2.30. The van der Waals surface area contributed by atoms with Crippen molar-refractivity contribution >= 4 is 23.4 Å². The Balaban J connectivity index is 2.21. The van der Waals surface area contributed by atoms with Gasteiger partial charge < -0.3 is 9.84 Å². The number of hydrogen-bond donors (Lipinski definition) is 1. The summed E-state index contributed by atoms with van der Waals surface area (Å²) in [4.78, 5) is 13.0. The fourth-order valence-corrected chi connectivity index (χ4v) is 1.80. The molecule has 0 spiro atoms. The maximum Gasteiger partial charge on any atom is 0.414 e. The number of carbonyl (C=O) groups is 1. The second-order valence-corrected chi connectivity index (χ2v) is 4.15. The van der Waals surface area contributed by atoms with Gasteiger partial charge in [-0.1, -0.05) is 17.7 Å². The number of carbonyl (C=O) groups excluding carboxylic acids is 1. The van der Waals surface area contributed by atoms with Gasteiger partial charge in [-0.2, -0.15) is 0 Å². The normalized spacial score (nSPS) is 20.8. The summed E-state index contributed by atoms with van der Waals surface area (Å²) < 4.78 is 4.97. The summed E-state index contributed by atoms with van der Waals surface area (Å²) in [6, 6.07) is 6.99. The van der Waals surface area contributed by atoms with E-state index >= 15 is 0 Å². The molecule has 1 unspecified atom stereocenters. The molecule has 0 aliphatic carbocycles. The summed E-state index contributed by atoms with van der Waals surface area (Å²) in [6.07, 6.45) is -0.396.